The molecule has 0 aliphatic carbocycles. The van der Waals surface area contributed by atoms with Crippen molar-refractivity contribution in [3.05, 3.63) is 32.7 Å². The van der Waals surface area contributed by atoms with Crippen LogP contribution in [-0.4, -0.2) is 32.9 Å². The number of dihydropyridines is 1. The molecule has 1 N–H and O–H groups in total. The average molecular weight is 408 g/mol. The molecule has 24 heavy (non-hydrogen) atoms. The van der Waals surface area contributed by atoms with Gasteiger partial charge in [-0.3, -0.25) is 9.79 Å². The first-order chi connectivity index (χ1) is 10.8. The van der Waals surface area contributed by atoms with E-state index in [1.807, 2.05) is 4.98 Å². The van der Waals surface area contributed by atoms with Crippen LogP contribution in [-0.2, 0) is 6.18 Å². The van der Waals surface area contributed by atoms with Gasteiger partial charge in [0.2, 0.25) is 0 Å². The Morgan fingerprint density at radius 2 is 1.96 bits per heavy atom. The fourth-order valence-corrected chi connectivity index (χ4v) is 3.76. The van der Waals surface area contributed by atoms with Crippen LogP contribution in [0.25, 0.3) is 0 Å². The van der Waals surface area contributed by atoms with Crippen molar-refractivity contribution < 1.29 is 22.0 Å². The molecule has 2 heterocycles. The standard InChI is InChI=1S/C12H8Cl2F5N3OS/c1-10(14)4-20-3-5(13)8(10)12(18,19)24-9-21-6(11(15,16)17)2-7(23)22-9/h2-3H,4H2,1H3,(H,21,22,23). The fraction of sp³-hybridized carbons (Fsp3) is 0.417. The van der Waals surface area contributed by atoms with Gasteiger partial charge in [0, 0.05) is 12.3 Å². The Balaban J connectivity index is 2.45. The SMILES string of the molecule is CC1(Cl)CN=CC(Cl)=C1C(F)(F)Sc1nc(C(F)(F)F)cc(=O)[nH]1. The first kappa shape index (κ1) is 19.2. The van der Waals surface area contributed by atoms with Crippen LogP contribution in [0.3, 0.4) is 0 Å². The Bertz CT molecular complexity index is 773. The molecular formula is C12H8Cl2F5N3OS. The molecule has 1 aliphatic rings. The van der Waals surface area contributed by atoms with Gasteiger partial charge >= 0.3 is 11.4 Å². The van der Waals surface area contributed by atoms with Crippen LogP contribution in [0.5, 0.6) is 0 Å². The monoisotopic (exact) mass is 407 g/mol. The average Bonchev–Trinajstić information content (AvgIpc) is 2.34. The van der Waals surface area contributed by atoms with Gasteiger partial charge in [0.15, 0.2) is 10.9 Å². The van der Waals surface area contributed by atoms with Crippen LogP contribution in [0, 0.1) is 0 Å². The van der Waals surface area contributed by atoms with Crippen molar-refractivity contribution in [2.24, 2.45) is 4.99 Å². The minimum absolute atomic E-state index is 0.174. The third-order valence-corrected chi connectivity index (χ3v) is 4.32. The second-order valence-corrected chi connectivity index (χ2v) is 7.29. The van der Waals surface area contributed by atoms with Crippen LogP contribution in [0.2, 0.25) is 0 Å². The molecule has 12 heteroatoms. The topological polar surface area (TPSA) is 58.1 Å². The normalized spacial score (nSPS) is 22.2. The number of aromatic amines is 1. The molecule has 0 aromatic carbocycles. The van der Waals surface area contributed by atoms with E-state index in [2.05, 4.69) is 9.98 Å². The molecule has 0 spiro atoms. The van der Waals surface area contributed by atoms with Crippen LogP contribution >= 0.6 is 35.0 Å². The summed E-state index contributed by atoms with van der Waals surface area (Å²) in [5, 5.41) is -5.16. The van der Waals surface area contributed by atoms with E-state index in [0.717, 1.165) is 6.21 Å². The number of rotatable bonds is 3. The summed E-state index contributed by atoms with van der Waals surface area (Å²) in [7, 11) is 0. The van der Waals surface area contributed by atoms with E-state index in [9.17, 15) is 26.7 Å². The number of halogens is 7. The molecule has 1 unspecified atom stereocenters. The lowest BCUT2D eigenvalue weighted by Gasteiger charge is -2.32. The molecule has 4 nitrogen and oxygen atoms in total. The van der Waals surface area contributed by atoms with Crippen LogP contribution < -0.4 is 5.56 Å². The number of alkyl halides is 6. The van der Waals surface area contributed by atoms with Gasteiger partial charge in [-0.2, -0.15) is 22.0 Å². The number of H-pyrrole nitrogens is 1. The Kier molecular flexibility index (Phi) is 5.04. The molecule has 0 radical (unpaired) electrons. The van der Waals surface area contributed by atoms with Gasteiger partial charge in [-0.1, -0.05) is 11.6 Å². The molecule has 2 rings (SSSR count). The van der Waals surface area contributed by atoms with Crippen molar-refractivity contribution in [3.63, 3.8) is 0 Å². The van der Waals surface area contributed by atoms with Gasteiger partial charge in [0.05, 0.1) is 22.0 Å². The number of nitrogens with one attached hydrogen (secondary N) is 1. The second-order valence-electron chi connectivity index (χ2n) is 4.94. The van der Waals surface area contributed by atoms with Crippen molar-refractivity contribution in [1.82, 2.24) is 9.97 Å². The zero-order valence-corrected chi connectivity index (χ0v) is 14.0. The Hall–Kier alpha value is -1.13. The second kappa shape index (κ2) is 6.30. The third kappa shape index (κ3) is 4.09. The minimum Gasteiger partial charge on any atom is -0.301 e. The van der Waals surface area contributed by atoms with Crippen LogP contribution in [0.1, 0.15) is 12.6 Å². The number of nitrogens with zero attached hydrogens (tertiary/aromatic N) is 2. The first-order valence-electron chi connectivity index (χ1n) is 6.18. The summed E-state index contributed by atoms with van der Waals surface area (Å²) in [6.45, 7) is 1.06. The quantitative estimate of drug-likeness (QED) is 0.356. The van der Waals surface area contributed by atoms with Crippen molar-refractivity contribution in [2.75, 3.05) is 6.54 Å². The van der Waals surface area contributed by atoms with E-state index < -0.39 is 43.3 Å². The van der Waals surface area contributed by atoms with Crippen molar-refractivity contribution in [2.45, 2.75) is 28.4 Å². The molecule has 132 valence electrons. The van der Waals surface area contributed by atoms with Gasteiger partial charge in [0.1, 0.15) is 0 Å². The van der Waals surface area contributed by atoms with Gasteiger partial charge in [-0.05, 0) is 18.7 Å². The number of aliphatic imine (C=N–C) groups is 1. The number of aromatic nitrogens is 2. The van der Waals surface area contributed by atoms with E-state index in [4.69, 9.17) is 23.2 Å². The highest BCUT2D eigenvalue weighted by molar-refractivity contribution is 8.00. The maximum atomic E-state index is 14.5. The van der Waals surface area contributed by atoms with E-state index >= 15 is 0 Å². The predicted octanol–water partition coefficient (Wildman–Crippen LogP) is 4.05. The molecule has 1 aromatic heterocycles. The zero-order chi connectivity index (χ0) is 18.3. The van der Waals surface area contributed by atoms with E-state index in [-0.39, 0.29) is 24.4 Å². The summed E-state index contributed by atoms with van der Waals surface area (Å²) in [5.74, 6) is 0. The van der Waals surface area contributed by atoms with Crippen molar-refractivity contribution in [3.8, 4) is 0 Å². The van der Waals surface area contributed by atoms with Gasteiger partial charge in [-0.15, -0.1) is 11.6 Å². The lowest BCUT2D eigenvalue weighted by atomic mass is 9.98. The molecule has 0 saturated carbocycles. The number of thioether (sulfide) groups is 1. The third-order valence-electron chi connectivity index (χ3n) is 2.88. The maximum absolute atomic E-state index is 14.5. The number of hydrogen-bond donors (Lipinski definition) is 1. The molecule has 1 aliphatic heterocycles. The van der Waals surface area contributed by atoms with E-state index in [0.29, 0.717) is 0 Å². The van der Waals surface area contributed by atoms with Crippen LogP contribution in [0.4, 0.5) is 22.0 Å². The summed E-state index contributed by atoms with van der Waals surface area (Å²) in [5.41, 5.74) is -3.52. The predicted molar refractivity (Wildman–Crippen MR) is 81.2 cm³/mol. The van der Waals surface area contributed by atoms with Gasteiger partial charge in [0.25, 0.3) is 5.56 Å². The van der Waals surface area contributed by atoms with Crippen molar-refractivity contribution in [1.29, 1.82) is 0 Å². The summed E-state index contributed by atoms with van der Waals surface area (Å²) in [6.07, 6.45) is -3.97. The summed E-state index contributed by atoms with van der Waals surface area (Å²) in [4.78, 5) is 18.2. The highest BCUT2D eigenvalue weighted by atomic mass is 35.5. The molecule has 0 amide bonds. The Morgan fingerprint density at radius 3 is 2.50 bits per heavy atom. The van der Waals surface area contributed by atoms with Crippen molar-refractivity contribution >= 4 is 41.2 Å². The fourth-order valence-electron chi connectivity index (χ4n) is 1.93. The molecule has 0 bridgehead atoms. The Labute approximate surface area is 146 Å². The highest BCUT2D eigenvalue weighted by Crippen LogP contribution is 2.49. The first-order valence-corrected chi connectivity index (χ1v) is 7.75. The lowest BCUT2D eigenvalue weighted by molar-refractivity contribution is -0.141. The maximum Gasteiger partial charge on any atom is 0.433 e. The molecule has 0 saturated heterocycles. The van der Waals surface area contributed by atoms with E-state index in [1.165, 1.54) is 6.92 Å². The summed E-state index contributed by atoms with van der Waals surface area (Å²) < 4.78 is 67.0. The number of hydrogen-bond acceptors (Lipinski definition) is 4. The van der Waals surface area contributed by atoms with Gasteiger partial charge in [-0.25, -0.2) is 4.98 Å². The summed E-state index contributed by atoms with van der Waals surface area (Å²) in [6, 6.07) is 0.174. The molecule has 0 fully saturated rings. The molecular weight excluding hydrogens is 400 g/mol. The zero-order valence-electron chi connectivity index (χ0n) is 11.7. The smallest absolute Gasteiger partial charge is 0.301 e. The largest absolute Gasteiger partial charge is 0.433 e. The molecule has 1 atom stereocenters. The lowest BCUT2D eigenvalue weighted by Crippen LogP contribution is -2.37. The van der Waals surface area contributed by atoms with Crippen LogP contribution in [0.15, 0.2) is 31.6 Å². The van der Waals surface area contributed by atoms with E-state index in [1.54, 1.807) is 0 Å². The summed E-state index contributed by atoms with van der Waals surface area (Å²) >= 11 is 11.3. The van der Waals surface area contributed by atoms with Gasteiger partial charge < -0.3 is 4.98 Å². The minimum atomic E-state index is -4.95. The molecule has 1 aromatic rings. The highest BCUT2D eigenvalue weighted by Gasteiger charge is 2.49. The number of allylic oxidation sites excluding steroid dienone is 1. The Morgan fingerprint density at radius 1 is 1.33 bits per heavy atom.